The lowest BCUT2D eigenvalue weighted by Crippen LogP contribution is -2.51. The highest BCUT2D eigenvalue weighted by Crippen LogP contribution is 2.44. The molecule has 0 spiro atoms. The van der Waals surface area contributed by atoms with Crippen molar-refractivity contribution >= 4 is 25.2 Å². The number of carbonyl (C=O) groups excluding carboxylic acids is 1. The van der Waals surface area contributed by atoms with Crippen molar-refractivity contribution in [2.45, 2.75) is 84.4 Å². The lowest BCUT2D eigenvalue weighted by Gasteiger charge is -2.44. The Morgan fingerprint density at radius 3 is 2.22 bits per heavy atom. The second-order valence-corrected chi connectivity index (χ2v) is 14.2. The van der Waals surface area contributed by atoms with Crippen molar-refractivity contribution in [3.63, 3.8) is 0 Å². The van der Waals surface area contributed by atoms with E-state index in [9.17, 15) is 4.79 Å². The number of ether oxygens (including phenoxy) is 1. The maximum absolute atomic E-state index is 12.3. The van der Waals surface area contributed by atoms with Crippen LogP contribution in [0.3, 0.4) is 0 Å². The quantitative estimate of drug-likeness (QED) is 0.400. The van der Waals surface area contributed by atoms with Crippen molar-refractivity contribution < 1.29 is 9.53 Å². The van der Waals surface area contributed by atoms with Crippen LogP contribution in [0.5, 0.6) is 0 Å². The number of methoxy groups -OCH3 is 1. The Hall–Kier alpha value is -1.62. The van der Waals surface area contributed by atoms with Crippen LogP contribution in [0.15, 0.2) is 18.5 Å². The highest BCUT2D eigenvalue weighted by molar-refractivity contribution is 6.82. The lowest BCUT2D eigenvalue weighted by molar-refractivity contribution is 0.0599. The molecular weight excluding hydrogens is 352 g/mol. The standard InChI is InChI=1S/C22H36N2O2Si/c1-9-10-11-18-19-12-13-24(21(19)23-14-20(18)22(25)26-8)27(15(2)3,16(4)5)17(6)7/h12-17H,9-11H2,1-8H3. The third-order valence-corrected chi connectivity index (χ3v) is 12.9. The molecule has 2 heterocycles. The highest BCUT2D eigenvalue weighted by Gasteiger charge is 2.46. The number of esters is 1. The average molecular weight is 389 g/mol. The van der Waals surface area contributed by atoms with Gasteiger partial charge in [-0.1, -0.05) is 54.9 Å². The van der Waals surface area contributed by atoms with Crippen LogP contribution < -0.4 is 0 Å². The van der Waals surface area contributed by atoms with E-state index in [2.05, 4.69) is 65.0 Å². The van der Waals surface area contributed by atoms with Gasteiger partial charge in [0.2, 0.25) is 0 Å². The zero-order valence-electron chi connectivity index (χ0n) is 18.3. The fourth-order valence-corrected chi connectivity index (χ4v) is 11.7. The molecule has 0 radical (unpaired) electrons. The smallest absolute Gasteiger partial charge is 0.339 e. The zero-order valence-corrected chi connectivity index (χ0v) is 19.3. The van der Waals surface area contributed by atoms with Gasteiger partial charge in [-0.3, -0.25) is 0 Å². The van der Waals surface area contributed by atoms with Crippen LogP contribution >= 0.6 is 0 Å². The Balaban J connectivity index is 2.79. The molecule has 0 N–H and O–H groups in total. The first-order chi connectivity index (χ1) is 12.7. The topological polar surface area (TPSA) is 44.1 Å². The SMILES string of the molecule is CCCCc1c(C(=O)OC)cnc2c1ccn2[Si](C(C)C)(C(C)C)C(C)C. The molecule has 0 aliphatic carbocycles. The van der Waals surface area contributed by atoms with E-state index in [0.29, 0.717) is 22.2 Å². The van der Waals surface area contributed by atoms with Gasteiger partial charge >= 0.3 is 5.97 Å². The van der Waals surface area contributed by atoms with Gasteiger partial charge in [0.15, 0.2) is 8.24 Å². The van der Waals surface area contributed by atoms with Gasteiger partial charge in [-0.2, -0.15) is 0 Å². The number of hydrogen-bond donors (Lipinski definition) is 0. The number of pyridine rings is 1. The maximum atomic E-state index is 12.3. The molecule has 5 heteroatoms. The molecule has 0 amide bonds. The van der Waals surface area contributed by atoms with Crippen LogP contribution in [0.2, 0.25) is 16.6 Å². The Bertz CT molecular complexity index is 771. The minimum Gasteiger partial charge on any atom is -0.465 e. The molecule has 0 bridgehead atoms. The van der Waals surface area contributed by atoms with Crippen molar-refractivity contribution in [2.75, 3.05) is 7.11 Å². The number of nitrogens with zero attached hydrogens (tertiary/aromatic N) is 2. The van der Waals surface area contributed by atoms with Crippen molar-refractivity contribution in [2.24, 2.45) is 0 Å². The van der Waals surface area contributed by atoms with E-state index in [1.54, 1.807) is 6.20 Å². The van der Waals surface area contributed by atoms with Crippen molar-refractivity contribution in [3.05, 3.63) is 29.6 Å². The summed E-state index contributed by atoms with van der Waals surface area (Å²) in [5, 5.41) is 1.12. The minimum absolute atomic E-state index is 0.289. The summed E-state index contributed by atoms with van der Waals surface area (Å²) >= 11 is 0. The molecule has 2 aromatic rings. The number of aryl methyl sites for hydroxylation is 1. The van der Waals surface area contributed by atoms with Gasteiger partial charge in [-0.25, -0.2) is 9.78 Å². The fraction of sp³-hybridized carbons (Fsp3) is 0.636. The molecular formula is C22H36N2O2Si. The number of aromatic nitrogens is 2. The van der Waals surface area contributed by atoms with Crippen molar-refractivity contribution in [3.8, 4) is 0 Å². The van der Waals surface area contributed by atoms with Crippen LogP contribution in [-0.4, -0.2) is 30.5 Å². The number of unbranched alkanes of at least 4 members (excludes halogenated alkanes) is 1. The van der Waals surface area contributed by atoms with Crippen LogP contribution in [0.1, 0.15) is 77.2 Å². The van der Waals surface area contributed by atoms with E-state index >= 15 is 0 Å². The van der Waals surface area contributed by atoms with E-state index in [1.165, 1.54) is 7.11 Å². The maximum Gasteiger partial charge on any atom is 0.339 e. The van der Waals surface area contributed by atoms with E-state index in [1.807, 2.05) is 0 Å². The third kappa shape index (κ3) is 3.58. The fourth-order valence-electron chi connectivity index (χ4n) is 5.20. The Kier molecular flexibility index (Phi) is 6.90. The molecule has 0 atom stereocenters. The number of carbonyl (C=O) groups is 1. The summed E-state index contributed by atoms with van der Waals surface area (Å²) in [7, 11) is -0.445. The largest absolute Gasteiger partial charge is 0.465 e. The van der Waals surface area contributed by atoms with Gasteiger partial charge in [0.05, 0.1) is 12.7 Å². The molecule has 0 aliphatic rings. The third-order valence-electron chi connectivity index (χ3n) is 6.20. The first-order valence-corrected chi connectivity index (χ1v) is 12.5. The van der Waals surface area contributed by atoms with Crippen LogP contribution in [0.25, 0.3) is 11.0 Å². The molecule has 0 unspecified atom stereocenters. The van der Waals surface area contributed by atoms with Crippen molar-refractivity contribution in [1.82, 2.24) is 9.22 Å². The Morgan fingerprint density at radius 1 is 1.15 bits per heavy atom. The summed E-state index contributed by atoms with van der Waals surface area (Å²) in [6.07, 6.45) is 6.99. The second-order valence-electron chi connectivity index (χ2n) is 8.52. The predicted octanol–water partition coefficient (Wildman–Crippen LogP) is 6.19. The summed E-state index contributed by atoms with van der Waals surface area (Å²) in [5.74, 6) is -0.289. The normalized spacial score (nSPS) is 12.6. The van der Waals surface area contributed by atoms with Crippen LogP contribution in [0, 0.1) is 0 Å². The van der Waals surface area contributed by atoms with E-state index < -0.39 is 8.24 Å². The molecule has 0 aromatic carbocycles. The summed E-state index contributed by atoms with van der Waals surface area (Å²) in [5.41, 5.74) is 4.52. The average Bonchev–Trinajstić information content (AvgIpc) is 3.03. The first-order valence-electron chi connectivity index (χ1n) is 10.3. The summed E-state index contributed by atoms with van der Waals surface area (Å²) < 4.78 is 7.53. The van der Waals surface area contributed by atoms with E-state index in [-0.39, 0.29) is 5.97 Å². The molecule has 150 valence electrons. The van der Waals surface area contributed by atoms with E-state index in [0.717, 1.165) is 35.9 Å². The Labute approximate surface area is 165 Å². The highest BCUT2D eigenvalue weighted by atomic mass is 28.3. The molecule has 0 fully saturated rings. The molecule has 0 aliphatic heterocycles. The molecule has 2 aromatic heterocycles. The van der Waals surface area contributed by atoms with E-state index in [4.69, 9.17) is 9.72 Å². The second kappa shape index (κ2) is 8.59. The Morgan fingerprint density at radius 2 is 1.74 bits per heavy atom. The number of hydrogen-bond acceptors (Lipinski definition) is 3. The van der Waals surface area contributed by atoms with Crippen LogP contribution in [0.4, 0.5) is 0 Å². The summed E-state index contributed by atoms with van der Waals surface area (Å²) in [6, 6.07) is 2.18. The molecule has 0 saturated carbocycles. The molecule has 0 saturated heterocycles. The van der Waals surface area contributed by atoms with Gasteiger partial charge in [-0.05, 0) is 47.3 Å². The molecule has 27 heavy (non-hydrogen) atoms. The first kappa shape index (κ1) is 21.7. The van der Waals surface area contributed by atoms with Crippen molar-refractivity contribution in [1.29, 1.82) is 0 Å². The molecule has 2 rings (SSSR count). The summed E-state index contributed by atoms with van der Waals surface area (Å²) in [4.78, 5) is 17.1. The lowest BCUT2D eigenvalue weighted by atomic mass is 10.0. The monoisotopic (exact) mass is 388 g/mol. The minimum atomic E-state index is -1.88. The zero-order chi connectivity index (χ0) is 20.4. The number of rotatable bonds is 8. The van der Waals surface area contributed by atoms with Gasteiger partial charge in [0.25, 0.3) is 0 Å². The van der Waals surface area contributed by atoms with Gasteiger partial charge in [-0.15, -0.1) is 0 Å². The molecule has 4 nitrogen and oxygen atoms in total. The predicted molar refractivity (Wildman–Crippen MR) is 116 cm³/mol. The van der Waals surface area contributed by atoms with Gasteiger partial charge < -0.3 is 8.97 Å². The summed E-state index contributed by atoms with van der Waals surface area (Å²) in [6.45, 7) is 16.3. The van der Waals surface area contributed by atoms with Gasteiger partial charge in [0.1, 0.15) is 5.65 Å². The van der Waals surface area contributed by atoms with Crippen LogP contribution in [-0.2, 0) is 11.2 Å². The number of fused-ring (bicyclic) bond motifs is 1. The van der Waals surface area contributed by atoms with Gasteiger partial charge in [0, 0.05) is 11.6 Å².